The van der Waals surface area contributed by atoms with Crippen LogP contribution in [0.15, 0.2) is 24.4 Å². The number of rotatable bonds is 5. The zero-order valence-corrected chi connectivity index (χ0v) is 13.2. The fraction of sp³-hybridized carbons (Fsp3) is 0.438. The number of hydrogen-bond donors (Lipinski definition) is 2. The first-order valence-corrected chi connectivity index (χ1v) is 7.92. The molecule has 2 N–H and O–H groups in total. The maximum absolute atomic E-state index is 12.1. The second-order valence-electron chi connectivity index (χ2n) is 5.48. The summed E-state index contributed by atoms with van der Waals surface area (Å²) in [7, 11) is 0. The van der Waals surface area contributed by atoms with Gasteiger partial charge >= 0.3 is 0 Å². The molecule has 1 amide bonds. The van der Waals surface area contributed by atoms with E-state index in [1.165, 1.54) is 0 Å². The predicted molar refractivity (Wildman–Crippen MR) is 87.3 cm³/mol. The van der Waals surface area contributed by atoms with Crippen molar-refractivity contribution in [3.63, 3.8) is 0 Å². The lowest BCUT2D eigenvalue weighted by atomic mass is 10.1. The van der Waals surface area contributed by atoms with Crippen LogP contribution in [0.4, 0.5) is 0 Å². The smallest absolute Gasteiger partial charge is 0.224 e. The number of aromatic nitrogens is 1. The van der Waals surface area contributed by atoms with E-state index in [2.05, 4.69) is 15.2 Å². The molecule has 0 unspecified atom stereocenters. The van der Waals surface area contributed by atoms with Crippen molar-refractivity contribution in [3.05, 3.63) is 35.0 Å². The SMILES string of the molecule is O=C(Cc1c[nH]c2ccc(Cl)cc12)NCCN1CCOCC1. The molecule has 0 radical (unpaired) electrons. The molecule has 1 aromatic heterocycles. The average molecular weight is 322 g/mol. The van der Waals surface area contributed by atoms with Gasteiger partial charge in [0.05, 0.1) is 19.6 Å². The van der Waals surface area contributed by atoms with Gasteiger partial charge in [0, 0.05) is 48.3 Å². The van der Waals surface area contributed by atoms with E-state index < -0.39 is 0 Å². The number of fused-ring (bicyclic) bond motifs is 1. The quantitative estimate of drug-likeness (QED) is 0.883. The highest BCUT2D eigenvalue weighted by Gasteiger charge is 2.12. The van der Waals surface area contributed by atoms with E-state index in [1.807, 2.05) is 24.4 Å². The third-order valence-corrected chi connectivity index (χ3v) is 4.17. The Morgan fingerprint density at radius 3 is 3.00 bits per heavy atom. The standard InChI is InChI=1S/C16H20ClN3O2/c17-13-1-2-15-14(10-13)12(11-19-15)9-16(21)18-3-4-20-5-7-22-8-6-20/h1-2,10-11,19H,3-9H2,(H,18,21). The van der Waals surface area contributed by atoms with Gasteiger partial charge in [-0.15, -0.1) is 0 Å². The van der Waals surface area contributed by atoms with Crippen LogP contribution in [-0.4, -0.2) is 55.2 Å². The maximum atomic E-state index is 12.1. The molecule has 1 aromatic carbocycles. The van der Waals surface area contributed by atoms with Gasteiger partial charge in [-0.25, -0.2) is 0 Å². The Labute approximate surface area is 134 Å². The Kier molecular flexibility index (Phi) is 4.97. The number of nitrogens with zero attached hydrogens (tertiary/aromatic N) is 1. The zero-order valence-electron chi connectivity index (χ0n) is 12.4. The molecule has 1 aliphatic heterocycles. The molecule has 3 rings (SSSR count). The predicted octanol–water partition coefficient (Wildman–Crippen LogP) is 1.81. The van der Waals surface area contributed by atoms with Crippen LogP contribution < -0.4 is 5.32 Å². The van der Waals surface area contributed by atoms with Crippen molar-refractivity contribution in [2.45, 2.75) is 6.42 Å². The summed E-state index contributed by atoms with van der Waals surface area (Å²) in [6.45, 7) is 4.98. The Morgan fingerprint density at radius 1 is 1.36 bits per heavy atom. The molecule has 5 nitrogen and oxygen atoms in total. The van der Waals surface area contributed by atoms with Crippen molar-refractivity contribution in [3.8, 4) is 0 Å². The summed E-state index contributed by atoms with van der Waals surface area (Å²) in [6, 6.07) is 5.66. The largest absolute Gasteiger partial charge is 0.379 e. The van der Waals surface area contributed by atoms with Gasteiger partial charge in [0.25, 0.3) is 0 Å². The lowest BCUT2D eigenvalue weighted by molar-refractivity contribution is -0.120. The van der Waals surface area contributed by atoms with Gasteiger partial charge in [0.2, 0.25) is 5.91 Å². The molecule has 1 saturated heterocycles. The molecule has 1 aliphatic rings. The molecule has 1 fully saturated rings. The molecule has 22 heavy (non-hydrogen) atoms. The second-order valence-corrected chi connectivity index (χ2v) is 5.92. The monoisotopic (exact) mass is 321 g/mol. The molecule has 0 bridgehead atoms. The van der Waals surface area contributed by atoms with Crippen LogP contribution >= 0.6 is 11.6 Å². The number of carbonyl (C=O) groups excluding carboxylic acids is 1. The molecular weight excluding hydrogens is 302 g/mol. The molecule has 0 spiro atoms. The summed E-state index contributed by atoms with van der Waals surface area (Å²) in [5.41, 5.74) is 1.97. The Balaban J connectivity index is 1.51. The normalized spacial score (nSPS) is 16.0. The molecule has 0 saturated carbocycles. The Bertz CT molecular complexity index is 650. The molecule has 0 atom stereocenters. The van der Waals surface area contributed by atoms with E-state index in [1.54, 1.807) is 0 Å². The van der Waals surface area contributed by atoms with Gasteiger partial charge in [0.15, 0.2) is 0 Å². The van der Waals surface area contributed by atoms with E-state index in [4.69, 9.17) is 16.3 Å². The Hall–Kier alpha value is -1.56. The number of aromatic amines is 1. The molecule has 6 heteroatoms. The maximum Gasteiger partial charge on any atom is 0.224 e. The molecule has 2 aromatic rings. The number of ether oxygens (including phenoxy) is 1. The van der Waals surface area contributed by atoms with Gasteiger partial charge in [-0.1, -0.05) is 11.6 Å². The zero-order chi connectivity index (χ0) is 15.4. The van der Waals surface area contributed by atoms with Crippen molar-refractivity contribution in [1.82, 2.24) is 15.2 Å². The number of benzene rings is 1. The van der Waals surface area contributed by atoms with E-state index in [0.29, 0.717) is 18.0 Å². The van der Waals surface area contributed by atoms with Crippen molar-refractivity contribution in [1.29, 1.82) is 0 Å². The van der Waals surface area contributed by atoms with Crippen molar-refractivity contribution in [2.75, 3.05) is 39.4 Å². The number of nitrogens with one attached hydrogen (secondary N) is 2. The fourth-order valence-corrected chi connectivity index (χ4v) is 2.88. The fourth-order valence-electron chi connectivity index (χ4n) is 2.71. The van der Waals surface area contributed by atoms with Crippen LogP contribution in [0.1, 0.15) is 5.56 Å². The number of halogens is 1. The van der Waals surface area contributed by atoms with E-state index in [0.717, 1.165) is 49.3 Å². The van der Waals surface area contributed by atoms with E-state index in [-0.39, 0.29) is 5.91 Å². The highest BCUT2D eigenvalue weighted by molar-refractivity contribution is 6.31. The summed E-state index contributed by atoms with van der Waals surface area (Å²) in [6.07, 6.45) is 2.24. The first-order valence-electron chi connectivity index (χ1n) is 7.55. The number of morpholine rings is 1. The van der Waals surface area contributed by atoms with Gasteiger partial charge in [0.1, 0.15) is 0 Å². The third kappa shape index (κ3) is 3.80. The summed E-state index contributed by atoms with van der Waals surface area (Å²) in [4.78, 5) is 17.5. The van der Waals surface area contributed by atoms with Crippen LogP contribution in [0.2, 0.25) is 5.02 Å². The van der Waals surface area contributed by atoms with Crippen LogP contribution in [-0.2, 0) is 16.0 Å². The lowest BCUT2D eigenvalue weighted by Crippen LogP contribution is -2.41. The summed E-state index contributed by atoms with van der Waals surface area (Å²) >= 11 is 6.02. The molecular formula is C16H20ClN3O2. The van der Waals surface area contributed by atoms with Crippen molar-refractivity contribution < 1.29 is 9.53 Å². The van der Waals surface area contributed by atoms with Crippen molar-refractivity contribution >= 4 is 28.4 Å². The number of amides is 1. The van der Waals surface area contributed by atoms with Gasteiger partial charge in [-0.2, -0.15) is 0 Å². The molecule has 2 heterocycles. The van der Waals surface area contributed by atoms with Crippen molar-refractivity contribution in [2.24, 2.45) is 0 Å². The number of carbonyl (C=O) groups is 1. The van der Waals surface area contributed by atoms with Crippen LogP contribution in [0.25, 0.3) is 10.9 Å². The minimum Gasteiger partial charge on any atom is -0.379 e. The number of hydrogen-bond acceptors (Lipinski definition) is 3. The average Bonchev–Trinajstić information content (AvgIpc) is 2.90. The highest BCUT2D eigenvalue weighted by atomic mass is 35.5. The summed E-state index contributed by atoms with van der Waals surface area (Å²) < 4.78 is 5.30. The first kappa shape index (κ1) is 15.3. The first-order chi connectivity index (χ1) is 10.7. The van der Waals surface area contributed by atoms with E-state index >= 15 is 0 Å². The van der Waals surface area contributed by atoms with E-state index in [9.17, 15) is 4.79 Å². The molecule has 118 valence electrons. The highest BCUT2D eigenvalue weighted by Crippen LogP contribution is 2.22. The topological polar surface area (TPSA) is 57.4 Å². The van der Waals surface area contributed by atoms with Gasteiger partial charge < -0.3 is 15.0 Å². The summed E-state index contributed by atoms with van der Waals surface area (Å²) in [5, 5.41) is 4.67. The minimum atomic E-state index is 0.0362. The van der Waals surface area contributed by atoms with Gasteiger partial charge in [-0.05, 0) is 23.8 Å². The van der Waals surface area contributed by atoms with Crippen LogP contribution in [0.3, 0.4) is 0 Å². The summed E-state index contributed by atoms with van der Waals surface area (Å²) in [5.74, 6) is 0.0362. The molecule has 0 aliphatic carbocycles. The number of H-pyrrole nitrogens is 1. The van der Waals surface area contributed by atoms with Gasteiger partial charge in [-0.3, -0.25) is 9.69 Å². The lowest BCUT2D eigenvalue weighted by Gasteiger charge is -2.26. The minimum absolute atomic E-state index is 0.0362. The third-order valence-electron chi connectivity index (χ3n) is 3.93. The van der Waals surface area contributed by atoms with Crippen LogP contribution in [0.5, 0.6) is 0 Å². The van der Waals surface area contributed by atoms with Crippen LogP contribution in [0, 0.1) is 0 Å². The Morgan fingerprint density at radius 2 is 2.18 bits per heavy atom. The second kappa shape index (κ2) is 7.13.